The van der Waals surface area contributed by atoms with Gasteiger partial charge in [-0.2, -0.15) is 0 Å². The molecule has 0 unspecified atom stereocenters. The molecule has 0 rings (SSSR count). The van der Waals surface area contributed by atoms with Crippen molar-refractivity contribution in [2.24, 2.45) is 0 Å². The molecule has 0 nitrogen and oxygen atoms in total. The van der Waals surface area contributed by atoms with Gasteiger partial charge in [-0.05, 0) is 41.5 Å². The third-order valence-electron chi connectivity index (χ3n) is 2.00. The molecule has 0 amide bonds. The van der Waals surface area contributed by atoms with Crippen LogP contribution in [0.1, 0.15) is 61.8 Å². The maximum absolute atomic E-state index is 4.49. The van der Waals surface area contributed by atoms with Crippen molar-refractivity contribution in [2.75, 3.05) is 0 Å². The first-order valence-corrected chi connectivity index (χ1v) is 9.60. The Morgan fingerprint density at radius 3 is 0.938 bits per heavy atom. The van der Waals surface area contributed by atoms with E-state index in [1.807, 2.05) is 0 Å². The third-order valence-corrected chi connectivity index (χ3v) is 6.00. The average Bonchev–Trinajstić information content (AvgIpc) is 2.06. The molecular weight excluding hydrogens is 329 g/mol. The normalized spacial score (nSPS) is 9.44. The fraction of sp³-hybridized carbons (Fsp3) is 0.923. The van der Waals surface area contributed by atoms with Crippen molar-refractivity contribution in [1.82, 2.24) is 0 Å². The molecule has 0 aromatic heterocycles. The van der Waals surface area contributed by atoms with Crippen molar-refractivity contribution in [3.8, 4) is 0 Å². The van der Waals surface area contributed by atoms with E-state index in [9.17, 15) is 0 Å². The second kappa shape index (κ2) is 18.7. The maximum atomic E-state index is 4.49. The van der Waals surface area contributed by atoms with Crippen molar-refractivity contribution in [3.63, 3.8) is 0 Å². The van der Waals surface area contributed by atoms with E-state index in [-0.39, 0.29) is 15.3 Å². The monoisotopic (exact) mass is 361 g/mol. The van der Waals surface area contributed by atoms with Crippen LogP contribution >= 0.6 is 17.5 Å². The first-order chi connectivity index (χ1) is 6.88. The van der Waals surface area contributed by atoms with Crippen LogP contribution in [0.2, 0.25) is 0 Å². The van der Waals surface area contributed by atoms with E-state index in [0.29, 0.717) is 0 Å². The molecule has 16 heavy (non-hydrogen) atoms. The summed E-state index contributed by atoms with van der Waals surface area (Å²) in [6, 6.07) is 0. The van der Waals surface area contributed by atoms with Gasteiger partial charge in [-0.25, -0.2) is 0 Å². The first-order valence-electron chi connectivity index (χ1n) is 5.86. The van der Waals surface area contributed by atoms with E-state index in [1.54, 1.807) is 0 Å². The quantitative estimate of drug-likeness (QED) is 0.329. The SMILES string of the molecule is CC(C)[PH+](C(C)C)C(C)C.CCC.[CH3-].[Cl][Pd+]. The summed E-state index contributed by atoms with van der Waals surface area (Å²) < 4.78 is 0. The van der Waals surface area contributed by atoms with Crippen LogP contribution in [-0.2, 0) is 18.2 Å². The number of rotatable bonds is 3. The third kappa shape index (κ3) is 17.8. The van der Waals surface area contributed by atoms with Gasteiger partial charge in [0.1, 0.15) is 0 Å². The molecule has 0 radical (unpaired) electrons. The van der Waals surface area contributed by atoms with Gasteiger partial charge in [-0.1, -0.05) is 20.3 Å². The van der Waals surface area contributed by atoms with E-state index in [2.05, 4.69) is 83.1 Å². The first kappa shape index (κ1) is 26.0. The Balaban J connectivity index is -0.000000104. The van der Waals surface area contributed by atoms with Gasteiger partial charge in [-0.3, -0.25) is 0 Å². The molecule has 106 valence electrons. The summed E-state index contributed by atoms with van der Waals surface area (Å²) >= 11 is 2.22. The second-order valence-electron chi connectivity index (χ2n) is 4.67. The molecule has 0 heterocycles. The molecule has 0 aliphatic carbocycles. The minimum atomic E-state index is -0.0957. The summed E-state index contributed by atoms with van der Waals surface area (Å²) in [5.74, 6) is 0. The zero-order valence-electron chi connectivity index (χ0n) is 12.6. The van der Waals surface area contributed by atoms with E-state index < -0.39 is 0 Å². The van der Waals surface area contributed by atoms with Crippen molar-refractivity contribution >= 4 is 17.5 Å². The molecular formula is C13H33ClPPd+. The Bertz CT molecular complexity index is 87.1. The Hall–Kier alpha value is 1.38. The molecule has 0 bridgehead atoms. The summed E-state index contributed by atoms with van der Waals surface area (Å²) in [5, 5.41) is 0. The van der Waals surface area contributed by atoms with Crippen LogP contribution in [0.15, 0.2) is 0 Å². The van der Waals surface area contributed by atoms with Crippen LogP contribution < -0.4 is 0 Å². The Morgan fingerprint density at radius 2 is 0.938 bits per heavy atom. The molecule has 0 spiro atoms. The molecule has 3 heteroatoms. The van der Waals surface area contributed by atoms with Gasteiger partial charge < -0.3 is 7.43 Å². The van der Waals surface area contributed by atoms with Crippen molar-refractivity contribution in [2.45, 2.75) is 78.8 Å². The number of halogens is 1. The molecule has 0 aliphatic heterocycles. The van der Waals surface area contributed by atoms with Crippen LogP contribution in [0, 0.1) is 7.43 Å². The second-order valence-corrected chi connectivity index (χ2v) is 9.14. The van der Waals surface area contributed by atoms with Gasteiger partial charge in [0.25, 0.3) is 0 Å². The van der Waals surface area contributed by atoms with E-state index in [1.165, 1.54) is 6.42 Å². The van der Waals surface area contributed by atoms with Gasteiger partial charge in [-0.15, -0.1) is 0 Å². The van der Waals surface area contributed by atoms with Gasteiger partial charge in [0.2, 0.25) is 0 Å². The predicted molar refractivity (Wildman–Crippen MR) is 82.0 cm³/mol. The Labute approximate surface area is 121 Å². The molecule has 0 saturated carbocycles. The molecule has 0 aliphatic rings. The predicted octanol–water partition coefficient (Wildman–Crippen LogP) is 5.98. The van der Waals surface area contributed by atoms with E-state index in [0.717, 1.165) is 17.0 Å². The van der Waals surface area contributed by atoms with Gasteiger partial charge in [0.05, 0.1) is 17.0 Å². The van der Waals surface area contributed by atoms with Crippen molar-refractivity contribution in [3.05, 3.63) is 7.43 Å². The average molecular weight is 362 g/mol. The van der Waals surface area contributed by atoms with Crippen LogP contribution in [0.25, 0.3) is 0 Å². The topological polar surface area (TPSA) is 0 Å². The van der Waals surface area contributed by atoms with Crippen molar-refractivity contribution in [1.29, 1.82) is 0 Å². The fourth-order valence-electron chi connectivity index (χ4n) is 2.00. The van der Waals surface area contributed by atoms with Crippen LogP contribution in [-0.4, -0.2) is 17.0 Å². The molecule has 0 N–H and O–H groups in total. The summed E-state index contributed by atoms with van der Waals surface area (Å²) in [6.45, 7) is 18.5. The van der Waals surface area contributed by atoms with Crippen molar-refractivity contribution < 1.29 is 18.2 Å². The summed E-state index contributed by atoms with van der Waals surface area (Å²) in [7, 11) is 4.39. The molecule has 0 aromatic rings. The molecule has 0 saturated heterocycles. The molecule has 0 fully saturated rings. The number of hydrogen-bond donors (Lipinski definition) is 0. The van der Waals surface area contributed by atoms with Crippen LogP contribution in [0.5, 0.6) is 0 Å². The fourth-order valence-corrected chi connectivity index (χ4v) is 6.00. The standard InChI is InChI=1S/C9H21P.C3H8.CH3.ClH.Pd/c1-7(2)10(8(3)4)9(5)6;1-3-2;;;/h7-9H,1-6H3;3H2,1-2H3;1H3;1H;/q;;-1;;+2. The van der Waals surface area contributed by atoms with Crippen LogP contribution in [0.4, 0.5) is 0 Å². The molecule has 0 aromatic carbocycles. The van der Waals surface area contributed by atoms with Gasteiger partial charge in [0, 0.05) is 7.92 Å². The van der Waals surface area contributed by atoms with E-state index >= 15 is 0 Å². The molecule has 0 atom stereocenters. The minimum absolute atomic E-state index is 0. The summed E-state index contributed by atoms with van der Waals surface area (Å²) in [6.07, 6.45) is 1.25. The van der Waals surface area contributed by atoms with Gasteiger partial charge in [0.15, 0.2) is 0 Å². The van der Waals surface area contributed by atoms with E-state index in [4.69, 9.17) is 0 Å². The van der Waals surface area contributed by atoms with Crippen LogP contribution in [0.3, 0.4) is 0 Å². The zero-order valence-corrected chi connectivity index (χ0v) is 15.9. The van der Waals surface area contributed by atoms with Gasteiger partial charge >= 0.3 is 27.7 Å². The summed E-state index contributed by atoms with van der Waals surface area (Å²) in [4.78, 5) is 0. The Morgan fingerprint density at radius 1 is 0.812 bits per heavy atom. The summed E-state index contributed by atoms with van der Waals surface area (Å²) in [5.41, 5.74) is 2.81. The Kier molecular flexibility index (Phi) is 30.5. The zero-order chi connectivity index (χ0) is 13.0. The number of hydrogen-bond acceptors (Lipinski definition) is 0.